The van der Waals surface area contributed by atoms with Crippen LogP contribution in [0.4, 0.5) is 13.2 Å². The zero-order valence-electron chi connectivity index (χ0n) is 10.9. The number of alkyl halides is 3. The van der Waals surface area contributed by atoms with Gasteiger partial charge in [-0.2, -0.15) is 13.2 Å². The molecule has 7 heteroatoms. The normalized spacial score (nSPS) is 34.1. The van der Waals surface area contributed by atoms with Crippen LogP contribution < -0.4 is 5.32 Å². The Hall–Kier alpha value is -1.27. The molecule has 2 saturated carbocycles. The molecule has 0 bridgehead atoms. The fourth-order valence-electron chi connectivity index (χ4n) is 3.04. The molecule has 0 spiro atoms. The number of nitrogens with one attached hydrogen (secondary N) is 1. The number of halogens is 3. The first kappa shape index (κ1) is 15.1. The third-order valence-corrected chi connectivity index (χ3v) is 4.41. The predicted octanol–water partition coefficient (Wildman–Crippen LogP) is 2.33. The van der Waals surface area contributed by atoms with E-state index in [0.717, 1.165) is 0 Å². The lowest BCUT2D eigenvalue weighted by molar-refractivity contribution is -0.184. The van der Waals surface area contributed by atoms with Gasteiger partial charge in [-0.3, -0.25) is 9.59 Å². The molecule has 0 aliphatic heterocycles. The molecule has 0 radical (unpaired) electrons. The van der Waals surface area contributed by atoms with E-state index in [0.29, 0.717) is 25.7 Å². The van der Waals surface area contributed by atoms with Crippen molar-refractivity contribution >= 4 is 11.9 Å². The zero-order valence-corrected chi connectivity index (χ0v) is 10.9. The maximum atomic E-state index is 12.7. The van der Waals surface area contributed by atoms with Gasteiger partial charge in [-0.15, -0.1) is 0 Å². The van der Waals surface area contributed by atoms with Crippen LogP contribution in [0.25, 0.3) is 0 Å². The van der Waals surface area contributed by atoms with Gasteiger partial charge in [0.1, 0.15) is 0 Å². The average molecular weight is 293 g/mol. The van der Waals surface area contributed by atoms with Gasteiger partial charge in [0.15, 0.2) is 0 Å². The number of carboxylic acid groups (broad SMARTS) is 1. The highest BCUT2D eigenvalue weighted by Gasteiger charge is 2.45. The molecular formula is C13H18F3NO3. The van der Waals surface area contributed by atoms with E-state index in [4.69, 9.17) is 5.11 Å². The number of rotatable bonds is 3. The Balaban J connectivity index is 1.87. The van der Waals surface area contributed by atoms with Crippen molar-refractivity contribution in [2.24, 2.45) is 17.8 Å². The molecule has 2 rings (SSSR count). The highest BCUT2D eigenvalue weighted by Crippen LogP contribution is 2.38. The second kappa shape index (κ2) is 5.61. The van der Waals surface area contributed by atoms with E-state index in [-0.39, 0.29) is 12.8 Å². The fraction of sp³-hybridized carbons (Fsp3) is 0.846. The van der Waals surface area contributed by atoms with Crippen LogP contribution in [0.2, 0.25) is 0 Å². The molecule has 0 aromatic heterocycles. The number of hydrogen-bond acceptors (Lipinski definition) is 2. The summed E-state index contributed by atoms with van der Waals surface area (Å²) in [6.45, 7) is 0. The molecule has 0 heterocycles. The van der Waals surface area contributed by atoms with Crippen LogP contribution in [0.5, 0.6) is 0 Å². The summed E-state index contributed by atoms with van der Waals surface area (Å²) in [6, 6.07) is -0.488. The molecule has 2 fully saturated rings. The third kappa shape index (κ3) is 3.24. The van der Waals surface area contributed by atoms with Crippen LogP contribution in [0.15, 0.2) is 0 Å². The van der Waals surface area contributed by atoms with Gasteiger partial charge in [-0.1, -0.05) is 6.42 Å². The van der Waals surface area contributed by atoms with E-state index in [2.05, 4.69) is 5.32 Å². The Morgan fingerprint density at radius 3 is 2.20 bits per heavy atom. The van der Waals surface area contributed by atoms with Crippen molar-refractivity contribution in [3.63, 3.8) is 0 Å². The van der Waals surface area contributed by atoms with E-state index in [1.54, 1.807) is 0 Å². The van der Waals surface area contributed by atoms with Gasteiger partial charge < -0.3 is 10.4 Å². The van der Waals surface area contributed by atoms with Crippen molar-refractivity contribution in [3.8, 4) is 0 Å². The van der Waals surface area contributed by atoms with Crippen LogP contribution in [0.3, 0.4) is 0 Å². The molecule has 4 nitrogen and oxygen atoms in total. The molecule has 2 aliphatic rings. The summed E-state index contributed by atoms with van der Waals surface area (Å²) in [5.74, 6) is -4.04. The molecule has 2 aliphatic carbocycles. The number of aliphatic carboxylic acids is 1. The van der Waals surface area contributed by atoms with E-state index < -0.39 is 41.8 Å². The summed E-state index contributed by atoms with van der Waals surface area (Å²) in [7, 11) is 0. The minimum atomic E-state index is -4.22. The van der Waals surface area contributed by atoms with E-state index >= 15 is 0 Å². The second-order valence-corrected chi connectivity index (χ2v) is 5.74. The number of carbonyl (C=O) groups is 2. The Bertz CT molecular complexity index is 397. The standard InChI is InChI=1S/C13H18F3NO3/c14-13(15,16)7-2-1-3-8(6-7)17-11(18)9-4-5-10(9)12(19)20/h7-10H,1-6H2,(H,17,18)(H,19,20). The van der Waals surface area contributed by atoms with Crippen LogP contribution >= 0.6 is 0 Å². The first-order valence-corrected chi connectivity index (χ1v) is 6.89. The highest BCUT2D eigenvalue weighted by molar-refractivity contribution is 5.86. The summed E-state index contributed by atoms with van der Waals surface area (Å²) in [6.07, 6.45) is -2.29. The van der Waals surface area contributed by atoms with Crippen LogP contribution in [0.1, 0.15) is 38.5 Å². The lowest BCUT2D eigenvalue weighted by atomic mass is 9.73. The van der Waals surface area contributed by atoms with Gasteiger partial charge in [-0.25, -0.2) is 0 Å². The third-order valence-electron chi connectivity index (χ3n) is 4.41. The van der Waals surface area contributed by atoms with Crippen molar-refractivity contribution in [2.45, 2.75) is 50.7 Å². The van der Waals surface area contributed by atoms with Crippen LogP contribution in [-0.2, 0) is 9.59 Å². The summed E-state index contributed by atoms with van der Waals surface area (Å²) in [5.41, 5.74) is 0. The van der Waals surface area contributed by atoms with Crippen LogP contribution in [0, 0.1) is 17.8 Å². The van der Waals surface area contributed by atoms with Gasteiger partial charge in [0.05, 0.1) is 17.8 Å². The summed E-state index contributed by atoms with van der Waals surface area (Å²) in [5, 5.41) is 11.5. The molecular weight excluding hydrogens is 275 g/mol. The average Bonchev–Trinajstić information content (AvgIpc) is 2.25. The van der Waals surface area contributed by atoms with E-state index in [1.807, 2.05) is 0 Å². The molecule has 0 saturated heterocycles. The van der Waals surface area contributed by atoms with Crippen molar-refractivity contribution in [1.29, 1.82) is 0 Å². The van der Waals surface area contributed by atoms with E-state index in [1.165, 1.54) is 0 Å². The van der Waals surface area contributed by atoms with Crippen molar-refractivity contribution in [3.05, 3.63) is 0 Å². The summed E-state index contributed by atoms with van der Waals surface area (Å²) < 4.78 is 38.0. The smallest absolute Gasteiger partial charge is 0.391 e. The van der Waals surface area contributed by atoms with E-state index in [9.17, 15) is 22.8 Å². The molecule has 1 amide bonds. The van der Waals surface area contributed by atoms with Crippen molar-refractivity contribution in [1.82, 2.24) is 5.32 Å². The lowest BCUT2D eigenvalue weighted by Crippen LogP contribution is -2.49. The Morgan fingerprint density at radius 2 is 1.70 bits per heavy atom. The van der Waals surface area contributed by atoms with Gasteiger partial charge in [0, 0.05) is 6.04 Å². The Morgan fingerprint density at radius 1 is 1.05 bits per heavy atom. The molecule has 20 heavy (non-hydrogen) atoms. The number of hydrogen-bond donors (Lipinski definition) is 2. The molecule has 114 valence electrons. The van der Waals surface area contributed by atoms with Gasteiger partial charge in [0.2, 0.25) is 5.91 Å². The minimum Gasteiger partial charge on any atom is -0.481 e. The fourth-order valence-corrected chi connectivity index (χ4v) is 3.04. The zero-order chi connectivity index (χ0) is 14.9. The molecule has 0 aromatic rings. The summed E-state index contributed by atoms with van der Waals surface area (Å²) >= 11 is 0. The predicted molar refractivity (Wildman–Crippen MR) is 63.8 cm³/mol. The first-order valence-electron chi connectivity index (χ1n) is 6.89. The number of carboxylic acids is 1. The number of amides is 1. The topological polar surface area (TPSA) is 66.4 Å². The highest BCUT2D eigenvalue weighted by atomic mass is 19.4. The molecule has 2 N–H and O–H groups in total. The Labute approximate surface area is 114 Å². The molecule has 4 unspecified atom stereocenters. The second-order valence-electron chi connectivity index (χ2n) is 5.74. The van der Waals surface area contributed by atoms with Crippen LogP contribution in [-0.4, -0.2) is 29.2 Å². The Kier molecular flexibility index (Phi) is 4.25. The van der Waals surface area contributed by atoms with Gasteiger partial charge in [0.25, 0.3) is 0 Å². The maximum absolute atomic E-state index is 12.7. The maximum Gasteiger partial charge on any atom is 0.391 e. The minimum absolute atomic E-state index is 0.0975. The molecule has 4 atom stereocenters. The van der Waals surface area contributed by atoms with Gasteiger partial charge >= 0.3 is 12.1 Å². The quantitative estimate of drug-likeness (QED) is 0.839. The van der Waals surface area contributed by atoms with Crippen molar-refractivity contribution in [2.75, 3.05) is 0 Å². The monoisotopic (exact) mass is 293 g/mol. The number of carbonyl (C=O) groups excluding carboxylic acids is 1. The lowest BCUT2D eigenvalue weighted by Gasteiger charge is -2.36. The largest absolute Gasteiger partial charge is 0.481 e. The molecule has 0 aromatic carbocycles. The van der Waals surface area contributed by atoms with Crippen molar-refractivity contribution < 1.29 is 27.9 Å². The van der Waals surface area contributed by atoms with Gasteiger partial charge in [-0.05, 0) is 32.1 Å². The summed E-state index contributed by atoms with van der Waals surface area (Å²) in [4.78, 5) is 22.8. The first-order chi connectivity index (χ1) is 9.29. The SMILES string of the molecule is O=C(O)C1CCC1C(=O)NC1CCCC(C(F)(F)F)C1.